The van der Waals surface area contributed by atoms with E-state index in [0.717, 1.165) is 6.07 Å². The summed E-state index contributed by atoms with van der Waals surface area (Å²) in [5, 5.41) is 5.19. The molecule has 0 atom stereocenters. The first-order valence-corrected chi connectivity index (χ1v) is 10.2. The van der Waals surface area contributed by atoms with Gasteiger partial charge in [-0.15, -0.1) is 0 Å². The molecule has 0 bridgehead atoms. The number of methoxy groups -OCH3 is 1. The van der Waals surface area contributed by atoms with E-state index in [1.54, 1.807) is 29.1 Å². The van der Waals surface area contributed by atoms with Crippen molar-refractivity contribution < 1.29 is 32.3 Å². The molecule has 0 saturated heterocycles. The fourth-order valence-corrected chi connectivity index (χ4v) is 3.92. The van der Waals surface area contributed by atoms with Gasteiger partial charge in [-0.25, -0.2) is 9.78 Å². The normalized spacial score (nSPS) is 14.0. The van der Waals surface area contributed by atoms with Gasteiger partial charge < -0.3 is 14.6 Å². The Labute approximate surface area is 191 Å². The maximum atomic E-state index is 13.7. The van der Waals surface area contributed by atoms with E-state index in [4.69, 9.17) is 0 Å². The largest absolute Gasteiger partial charge is 0.453 e. The number of pyridine rings is 1. The molecule has 0 saturated carbocycles. The van der Waals surface area contributed by atoms with Gasteiger partial charge in [0.05, 0.1) is 23.8 Å². The van der Waals surface area contributed by atoms with Crippen LogP contribution in [0, 0.1) is 0 Å². The molecular formula is C23H19F3N4O4. The number of carbonyl (C=O) groups is 3. The minimum Gasteiger partial charge on any atom is -0.453 e. The number of alkyl halides is 3. The van der Waals surface area contributed by atoms with Crippen LogP contribution < -0.4 is 10.6 Å². The van der Waals surface area contributed by atoms with E-state index in [1.807, 2.05) is 0 Å². The van der Waals surface area contributed by atoms with Crippen molar-refractivity contribution in [2.75, 3.05) is 13.7 Å². The van der Waals surface area contributed by atoms with Crippen LogP contribution in [0.2, 0.25) is 0 Å². The van der Waals surface area contributed by atoms with E-state index in [2.05, 4.69) is 20.4 Å². The lowest BCUT2D eigenvalue weighted by atomic mass is 9.93. The van der Waals surface area contributed by atoms with E-state index in [-0.39, 0.29) is 16.7 Å². The number of rotatable bonds is 6. The number of alkyl carbamates (subject to hydrolysis) is 1. The fraction of sp³-hybridized carbons (Fsp3) is 0.217. The predicted octanol–water partition coefficient (Wildman–Crippen LogP) is 3.37. The van der Waals surface area contributed by atoms with E-state index in [0.29, 0.717) is 36.1 Å². The third-order valence-electron chi connectivity index (χ3n) is 5.37. The maximum absolute atomic E-state index is 13.7. The third kappa shape index (κ3) is 4.24. The maximum Gasteiger partial charge on any atom is 0.417 e. The van der Waals surface area contributed by atoms with Gasteiger partial charge in [-0.3, -0.25) is 14.9 Å². The first-order chi connectivity index (χ1) is 16.2. The second-order valence-electron chi connectivity index (χ2n) is 7.46. The number of nitrogens with zero attached hydrogens (tertiary/aromatic N) is 2. The number of hydrogen-bond acceptors (Lipinski definition) is 5. The summed E-state index contributed by atoms with van der Waals surface area (Å²) in [7, 11) is 1.25. The van der Waals surface area contributed by atoms with E-state index >= 15 is 0 Å². The van der Waals surface area contributed by atoms with Crippen molar-refractivity contribution in [3.63, 3.8) is 0 Å². The summed E-state index contributed by atoms with van der Waals surface area (Å²) in [5.74, 6) is -1.68. The number of fused-ring (bicyclic) bond motifs is 1. The first-order valence-electron chi connectivity index (χ1n) is 10.2. The highest BCUT2D eigenvalue weighted by molar-refractivity contribution is 6.50. The van der Waals surface area contributed by atoms with Crippen molar-refractivity contribution in [3.05, 3.63) is 65.5 Å². The van der Waals surface area contributed by atoms with Gasteiger partial charge in [-0.1, -0.05) is 18.2 Å². The molecule has 0 radical (unpaired) electrons. The van der Waals surface area contributed by atoms with Crippen molar-refractivity contribution in [2.45, 2.75) is 19.1 Å². The Bertz CT molecular complexity index is 1330. The van der Waals surface area contributed by atoms with Crippen molar-refractivity contribution in [2.24, 2.45) is 0 Å². The van der Waals surface area contributed by atoms with Gasteiger partial charge in [-0.05, 0) is 24.6 Å². The zero-order valence-corrected chi connectivity index (χ0v) is 17.9. The Kier molecular flexibility index (Phi) is 6.10. The summed E-state index contributed by atoms with van der Waals surface area (Å²) in [4.78, 5) is 41.0. The van der Waals surface area contributed by atoms with Crippen LogP contribution in [0.15, 0.2) is 48.8 Å². The molecule has 34 heavy (non-hydrogen) atoms. The molecule has 8 nitrogen and oxygen atoms in total. The van der Waals surface area contributed by atoms with E-state index in [1.165, 1.54) is 25.3 Å². The molecule has 0 aliphatic carbocycles. The average molecular weight is 472 g/mol. The molecule has 3 amide bonds. The van der Waals surface area contributed by atoms with Gasteiger partial charge in [0.1, 0.15) is 5.65 Å². The number of amides is 3. The van der Waals surface area contributed by atoms with E-state index in [9.17, 15) is 27.6 Å². The van der Waals surface area contributed by atoms with Crippen molar-refractivity contribution in [3.8, 4) is 0 Å². The number of hydrogen-bond donors (Lipinski definition) is 2. The van der Waals surface area contributed by atoms with Gasteiger partial charge in [-0.2, -0.15) is 13.2 Å². The molecule has 176 valence electrons. The van der Waals surface area contributed by atoms with Gasteiger partial charge in [0.15, 0.2) is 0 Å². The van der Waals surface area contributed by atoms with Gasteiger partial charge >= 0.3 is 12.3 Å². The lowest BCUT2D eigenvalue weighted by molar-refractivity contribution is -0.137. The van der Waals surface area contributed by atoms with Crippen LogP contribution in [0.4, 0.5) is 18.0 Å². The van der Waals surface area contributed by atoms with Crippen LogP contribution in [0.1, 0.15) is 23.1 Å². The minimum atomic E-state index is -4.72. The Morgan fingerprint density at radius 3 is 2.50 bits per heavy atom. The summed E-state index contributed by atoms with van der Waals surface area (Å²) in [5.41, 5.74) is -1.10. The number of carbonyl (C=O) groups excluding carboxylic acids is 3. The van der Waals surface area contributed by atoms with Crippen molar-refractivity contribution in [1.82, 2.24) is 20.2 Å². The van der Waals surface area contributed by atoms with Gasteiger partial charge in [0, 0.05) is 42.0 Å². The smallest absolute Gasteiger partial charge is 0.417 e. The Hall–Kier alpha value is -4.15. The van der Waals surface area contributed by atoms with Crippen LogP contribution in [0.3, 0.4) is 0 Å². The third-order valence-corrected chi connectivity index (χ3v) is 5.37. The lowest BCUT2D eigenvalue weighted by Crippen LogP contribution is -2.24. The Morgan fingerprint density at radius 2 is 1.79 bits per heavy atom. The summed E-state index contributed by atoms with van der Waals surface area (Å²) < 4.78 is 47.3. The SMILES string of the molecule is COC(=O)NCCCn1cc(C2=C(c3ccccc3C(F)(F)F)C(=O)NC2=O)c2cccnc21. The Morgan fingerprint density at radius 1 is 1.09 bits per heavy atom. The molecule has 1 aliphatic rings. The highest BCUT2D eigenvalue weighted by Crippen LogP contribution is 2.40. The molecule has 4 rings (SSSR count). The second kappa shape index (κ2) is 9.00. The van der Waals surface area contributed by atoms with Crippen LogP contribution >= 0.6 is 0 Å². The van der Waals surface area contributed by atoms with Crippen LogP contribution in [0.25, 0.3) is 22.2 Å². The van der Waals surface area contributed by atoms with Gasteiger partial charge in [0.25, 0.3) is 11.8 Å². The van der Waals surface area contributed by atoms with Gasteiger partial charge in [0.2, 0.25) is 0 Å². The molecule has 0 fully saturated rings. The molecule has 2 aromatic heterocycles. The lowest BCUT2D eigenvalue weighted by Gasteiger charge is -2.13. The molecule has 3 aromatic rings. The molecular weight excluding hydrogens is 453 g/mol. The summed E-state index contributed by atoms with van der Waals surface area (Å²) in [6.45, 7) is 0.690. The summed E-state index contributed by atoms with van der Waals surface area (Å²) in [6, 6.07) is 7.95. The monoisotopic (exact) mass is 472 g/mol. The number of halogens is 3. The topological polar surface area (TPSA) is 102 Å². The molecule has 0 unspecified atom stereocenters. The quantitative estimate of drug-likeness (QED) is 0.423. The minimum absolute atomic E-state index is 0.147. The van der Waals surface area contributed by atoms with E-state index < -0.39 is 29.6 Å². The zero-order chi connectivity index (χ0) is 24.5. The van der Waals surface area contributed by atoms with Crippen LogP contribution in [-0.2, 0) is 27.0 Å². The number of aromatic nitrogens is 2. The molecule has 1 aliphatic heterocycles. The predicted molar refractivity (Wildman–Crippen MR) is 116 cm³/mol. The molecule has 3 heterocycles. The molecule has 0 spiro atoms. The molecule has 1 aromatic carbocycles. The first kappa shape index (κ1) is 23.0. The molecule has 11 heteroatoms. The van der Waals surface area contributed by atoms with Crippen molar-refractivity contribution >= 4 is 40.1 Å². The molecule has 2 N–H and O–H groups in total. The summed E-state index contributed by atoms with van der Waals surface area (Å²) >= 11 is 0. The van der Waals surface area contributed by atoms with Crippen LogP contribution in [0.5, 0.6) is 0 Å². The Balaban J connectivity index is 1.83. The van der Waals surface area contributed by atoms with Crippen LogP contribution in [-0.4, -0.2) is 41.1 Å². The fourth-order valence-electron chi connectivity index (χ4n) is 3.92. The number of imide groups is 1. The zero-order valence-electron chi connectivity index (χ0n) is 17.9. The second-order valence-corrected chi connectivity index (χ2v) is 7.46. The highest BCUT2D eigenvalue weighted by atomic mass is 19.4. The standard InChI is InChI=1S/C23H19F3N4O4/c1-34-22(33)28-10-5-11-30-12-15(13-7-4-9-27-19(13)30)18-17(20(31)29-21(18)32)14-6-2-3-8-16(14)23(24,25)26/h2-4,6-9,12H,5,10-11H2,1H3,(H,28,33)(H,29,31,32). The number of benzene rings is 1. The average Bonchev–Trinajstić information content (AvgIpc) is 3.31. The van der Waals surface area contributed by atoms with Crippen molar-refractivity contribution in [1.29, 1.82) is 0 Å². The highest BCUT2D eigenvalue weighted by Gasteiger charge is 2.40. The summed E-state index contributed by atoms with van der Waals surface area (Å²) in [6.07, 6.45) is -1.68. The number of aryl methyl sites for hydroxylation is 1. The number of ether oxygens (including phenoxy) is 1. The number of nitrogens with one attached hydrogen (secondary N) is 2.